The molecule has 1 heterocycles. The second-order valence-electron chi connectivity index (χ2n) is 3.96. The lowest BCUT2D eigenvalue weighted by atomic mass is 10.3. The fraction of sp³-hybridized carbons (Fsp3) is 0.455. The normalized spacial score (nSPS) is 21.6. The second-order valence-corrected chi connectivity index (χ2v) is 5.86. The van der Waals surface area contributed by atoms with Crippen molar-refractivity contribution in [2.24, 2.45) is 0 Å². The molecule has 94 valence electrons. The van der Waals surface area contributed by atoms with Crippen molar-refractivity contribution >= 4 is 10.0 Å². The van der Waals surface area contributed by atoms with Gasteiger partial charge in [-0.15, -0.1) is 0 Å². The summed E-state index contributed by atoms with van der Waals surface area (Å²) in [5.41, 5.74) is 0. The van der Waals surface area contributed by atoms with Gasteiger partial charge in [-0.2, -0.15) is 4.31 Å². The van der Waals surface area contributed by atoms with Crippen LogP contribution in [0.2, 0.25) is 0 Å². The maximum absolute atomic E-state index is 12.3. The molecule has 6 heteroatoms. The van der Waals surface area contributed by atoms with E-state index < -0.39 is 16.1 Å². The summed E-state index contributed by atoms with van der Waals surface area (Å²) in [6.07, 6.45) is -0.0894. The van der Waals surface area contributed by atoms with Crippen LogP contribution >= 0.6 is 0 Å². The molecule has 1 aliphatic rings. The van der Waals surface area contributed by atoms with Gasteiger partial charge in [0.05, 0.1) is 13.2 Å². The van der Waals surface area contributed by atoms with Gasteiger partial charge in [0.25, 0.3) is 0 Å². The topological polar surface area (TPSA) is 66.8 Å². The van der Waals surface area contributed by atoms with Gasteiger partial charge in [-0.05, 0) is 18.6 Å². The Morgan fingerprint density at radius 2 is 2.12 bits per heavy atom. The van der Waals surface area contributed by atoms with E-state index >= 15 is 0 Å². The molecule has 0 unspecified atom stereocenters. The number of β-amino-alcohol motifs (C(OH)–C–C–N with tert-alkyl or cyclic N) is 1. The lowest BCUT2D eigenvalue weighted by molar-refractivity contribution is 0.189. The summed E-state index contributed by atoms with van der Waals surface area (Å²) in [6.45, 7) is 0.502. The molecule has 0 spiro atoms. The molecule has 1 atom stereocenters. The van der Waals surface area contributed by atoms with Crippen LogP contribution in [0.25, 0.3) is 0 Å². The average molecular weight is 257 g/mol. The van der Waals surface area contributed by atoms with Crippen molar-refractivity contribution in [1.29, 1.82) is 0 Å². The lowest BCUT2D eigenvalue weighted by Crippen LogP contribution is -2.30. The van der Waals surface area contributed by atoms with Gasteiger partial charge in [-0.1, -0.05) is 12.1 Å². The number of aliphatic hydroxyl groups is 1. The molecule has 0 aromatic heterocycles. The van der Waals surface area contributed by atoms with E-state index in [9.17, 15) is 13.5 Å². The lowest BCUT2D eigenvalue weighted by Gasteiger charge is -2.17. The molecule has 1 aromatic carbocycles. The number of hydrogen-bond acceptors (Lipinski definition) is 4. The number of ether oxygens (including phenoxy) is 1. The Morgan fingerprint density at radius 1 is 1.41 bits per heavy atom. The minimum atomic E-state index is -3.57. The van der Waals surface area contributed by atoms with Crippen molar-refractivity contribution < 1.29 is 18.3 Å². The number of rotatable bonds is 3. The Hall–Kier alpha value is -1.11. The summed E-state index contributed by atoms with van der Waals surface area (Å²) >= 11 is 0. The molecule has 5 nitrogen and oxygen atoms in total. The zero-order valence-electron chi connectivity index (χ0n) is 9.54. The van der Waals surface area contributed by atoms with Crippen LogP contribution < -0.4 is 4.74 Å². The summed E-state index contributed by atoms with van der Waals surface area (Å²) in [7, 11) is -2.13. The van der Waals surface area contributed by atoms with E-state index in [2.05, 4.69) is 0 Å². The SMILES string of the molecule is COc1ccccc1S(=O)(=O)N1CC[C@@H](O)C1. The fourth-order valence-electron chi connectivity index (χ4n) is 1.90. The van der Waals surface area contributed by atoms with E-state index in [1.54, 1.807) is 18.2 Å². The molecule has 0 bridgehead atoms. The van der Waals surface area contributed by atoms with Gasteiger partial charge >= 0.3 is 0 Å². The third-order valence-corrected chi connectivity index (χ3v) is 4.72. The number of aliphatic hydroxyl groups excluding tert-OH is 1. The third-order valence-electron chi connectivity index (χ3n) is 2.81. The number of nitrogens with zero attached hydrogens (tertiary/aromatic N) is 1. The van der Waals surface area contributed by atoms with Gasteiger partial charge in [0.1, 0.15) is 10.6 Å². The minimum absolute atomic E-state index is 0.150. The van der Waals surface area contributed by atoms with Gasteiger partial charge in [-0.25, -0.2) is 8.42 Å². The minimum Gasteiger partial charge on any atom is -0.495 e. The predicted molar refractivity (Wildman–Crippen MR) is 62.4 cm³/mol. The Morgan fingerprint density at radius 3 is 2.71 bits per heavy atom. The van der Waals surface area contributed by atoms with Gasteiger partial charge in [0.15, 0.2) is 0 Å². The molecule has 17 heavy (non-hydrogen) atoms. The molecule has 1 fully saturated rings. The van der Waals surface area contributed by atoms with E-state index in [4.69, 9.17) is 4.74 Å². The van der Waals surface area contributed by atoms with Crippen LogP contribution in [0.5, 0.6) is 5.75 Å². The van der Waals surface area contributed by atoms with Crippen molar-refractivity contribution in [3.63, 3.8) is 0 Å². The maximum atomic E-state index is 12.3. The summed E-state index contributed by atoms with van der Waals surface area (Å²) in [6, 6.07) is 6.50. The molecule has 0 amide bonds. The van der Waals surface area contributed by atoms with Crippen LogP contribution in [-0.2, 0) is 10.0 Å². The highest BCUT2D eigenvalue weighted by Crippen LogP contribution is 2.28. The number of benzene rings is 1. The zero-order chi connectivity index (χ0) is 12.5. The first-order valence-electron chi connectivity index (χ1n) is 5.37. The number of para-hydroxylation sites is 1. The van der Waals surface area contributed by atoms with Gasteiger partial charge in [-0.3, -0.25) is 0 Å². The summed E-state index contributed by atoms with van der Waals surface area (Å²) < 4.78 is 30.9. The largest absolute Gasteiger partial charge is 0.495 e. The maximum Gasteiger partial charge on any atom is 0.246 e. The monoisotopic (exact) mass is 257 g/mol. The highest BCUT2D eigenvalue weighted by Gasteiger charge is 2.33. The summed E-state index contributed by atoms with van der Waals surface area (Å²) in [5, 5.41) is 9.40. The molecule has 1 saturated heterocycles. The molecular weight excluding hydrogens is 242 g/mol. The van der Waals surface area contributed by atoms with Crippen LogP contribution in [0.4, 0.5) is 0 Å². The third kappa shape index (κ3) is 2.29. The van der Waals surface area contributed by atoms with E-state index in [0.717, 1.165) is 0 Å². The van der Waals surface area contributed by atoms with Crippen LogP contribution in [-0.4, -0.2) is 44.1 Å². The van der Waals surface area contributed by atoms with Crippen LogP contribution in [0.3, 0.4) is 0 Å². The first kappa shape index (κ1) is 12.3. The van der Waals surface area contributed by atoms with Crippen molar-refractivity contribution in [2.75, 3.05) is 20.2 Å². The highest BCUT2D eigenvalue weighted by atomic mass is 32.2. The average Bonchev–Trinajstić information content (AvgIpc) is 2.76. The first-order chi connectivity index (χ1) is 8.05. The van der Waals surface area contributed by atoms with Crippen molar-refractivity contribution in [1.82, 2.24) is 4.31 Å². The van der Waals surface area contributed by atoms with Crippen molar-refractivity contribution in [3.8, 4) is 5.75 Å². The quantitative estimate of drug-likeness (QED) is 0.853. The van der Waals surface area contributed by atoms with Gasteiger partial charge in [0.2, 0.25) is 10.0 Å². The van der Waals surface area contributed by atoms with Crippen LogP contribution in [0.1, 0.15) is 6.42 Å². The second kappa shape index (κ2) is 4.64. The van der Waals surface area contributed by atoms with Crippen LogP contribution in [0.15, 0.2) is 29.2 Å². The van der Waals surface area contributed by atoms with E-state index in [0.29, 0.717) is 18.7 Å². The van der Waals surface area contributed by atoms with E-state index in [1.807, 2.05) is 0 Å². The molecular formula is C11H15NO4S. The molecule has 0 aliphatic carbocycles. The smallest absolute Gasteiger partial charge is 0.246 e. The van der Waals surface area contributed by atoms with Gasteiger partial charge < -0.3 is 9.84 Å². The van der Waals surface area contributed by atoms with Crippen molar-refractivity contribution in [2.45, 2.75) is 17.4 Å². The molecule has 1 N–H and O–H groups in total. The standard InChI is InChI=1S/C11H15NO4S/c1-16-10-4-2-3-5-11(10)17(14,15)12-7-6-9(13)8-12/h2-5,9,13H,6-8H2,1H3/t9-/m1/s1. The van der Waals surface area contributed by atoms with Crippen LogP contribution in [0, 0.1) is 0 Å². The number of sulfonamides is 1. The predicted octanol–water partition coefficient (Wildman–Crippen LogP) is 0.451. The molecule has 1 aromatic rings. The Labute approximate surface area is 101 Å². The first-order valence-corrected chi connectivity index (χ1v) is 6.81. The number of hydrogen-bond donors (Lipinski definition) is 1. The molecule has 2 rings (SSSR count). The van der Waals surface area contributed by atoms with Crippen molar-refractivity contribution in [3.05, 3.63) is 24.3 Å². The molecule has 0 radical (unpaired) electrons. The number of methoxy groups -OCH3 is 1. The van der Waals surface area contributed by atoms with E-state index in [1.165, 1.54) is 17.5 Å². The summed E-state index contributed by atoms with van der Waals surface area (Å²) in [5.74, 6) is 0.328. The Balaban J connectivity index is 2.38. The Bertz CT molecular complexity index is 500. The fourth-order valence-corrected chi connectivity index (χ4v) is 3.55. The molecule has 0 saturated carbocycles. The zero-order valence-corrected chi connectivity index (χ0v) is 10.4. The highest BCUT2D eigenvalue weighted by molar-refractivity contribution is 7.89. The Kier molecular flexibility index (Phi) is 3.37. The van der Waals surface area contributed by atoms with E-state index in [-0.39, 0.29) is 11.4 Å². The summed E-state index contributed by atoms with van der Waals surface area (Å²) in [4.78, 5) is 0.150. The van der Waals surface area contributed by atoms with Gasteiger partial charge in [0, 0.05) is 13.1 Å². The molecule has 1 aliphatic heterocycles.